The van der Waals surface area contributed by atoms with Crippen LogP contribution in [0.1, 0.15) is 47.1 Å². The first-order chi connectivity index (χ1) is 19.7. The van der Waals surface area contributed by atoms with Gasteiger partial charge in [0.2, 0.25) is 16.0 Å². The van der Waals surface area contributed by atoms with Gasteiger partial charge in [0.15, 0.2) is 0 Å². The highest BCUT2D eigenvalue weighted by atomic mass is 32.2. The molecule has 3 heterocycles. The maximum Gasteiger partial charge on any atom is 0.253 e. The smallest absolute Gasteiger partial charge is 0.253 e. The van der Waals surface area contributed by atoms with Gasteiger partial charge in [0.05, 0.1) is 16.8 Å². The van der Waals surface area contributed by atoms with Crippen molar-refractivity contribution >= 4 is 46.5 Å². The third-order valence-electron chi connectivity index (χ3n) is 8.63. The molecule has 2 aromatic heterocycles. The predicted octanol–water partition coefficient (Wildman–Crippen LogP) is 4.04. The third-order valence-corrected chi connectivity index (χ3v) is 15.9. The molecule has 0 unspecified atom stereocenters. The van der Waals surface area contributed by atoms with E-state index in [4.69, 9.17) is 10.1 Å². The van der Waals surface area contributed by atoms with Crippen molar-refractivity contribution in [3.63, 3.8) is 0 Å². The minimum Gasteiger partial charge on any atom is -0.366 e. The van der Waals surface area contributed by atoms with E-state index in [0.717, 1.165) is 13.1 Å². The highest BCUT2D eigenvalue weighted by Gasteiger charge is 2.41. The fourth-order valence-electron chi connectivity index (χ4n) is 6.32. The number of hydrogen-bond donors (Lipinski definition) is 2. The lowest BCUT2D eigenvalue weighted by Gasteiger charge is -2.38. The number of sulfonamides is 1. The first kappa shape index (κ1) is 31.7. The Hall–Kier alpha value is -3.24. The molecule has 0 aliphatic carbocycles. The largest absolute Gasteiger partial charge is 0.366 e. The Morgan fingerprint density at radius 1 is 1.00 bits per heavy atom. The number of hydrogen-bond acceptors (Lipinski definition) is 8. The van der Waals surface area contributed by atoms with Gasteiger partial charge >= 0.3 is 0 Å². The number of primary sulfonamides is 1. The zero-order valence-electron chi connectivity index (χ0n) is 25.9. The van der Waals surface area contributed by atoms with Gasteiger partial charge < -0.3 is 15.1 Å². The molecule has 3 aromatic rings. The summed E-state index contributed by atoms with van der Waals surface area (Å²) in [5.74, 6) is 3.63. The Balaban J connectivity index is 1.82. The molecular weight excluding hydrogens is 567 g/mol. The maximum atomic E-state index is 13.0. The van der Waals surface area contributed by atoms with Crippen molar-refractivity contribution in [1.29, 1.82) is 0 Å². The van der Waals surface area contributed by atoms with Gasteiger partial charge in [-0.15, -0.1) is 5.54 Å². The lowest BCUT2D eigenvalue weighted by atomic mass is 10.2. The van der Waals surface area contributed by atoms with Gasteiger partial charge in [0.1, 0.15) is 18.6 Å². The molecule has 0 amide bonds. The first-order valence-corrected chi connectivity index (χ1v) is 18.2. The number of nitrogens with two attached hydrogens (primary N) is 1. The van der Waals surface area contributed by atoms with E-state index in [1.54, 1.807) is 31.4 Å². The van der Waals surface area contributed by atoms with Gasteiger partial charge in [0.25, 0.3) is 5.56 Å². The van der Waals surface area contributed by atoms with Crippen LogP contribution < -0.4 is 20.9 Å². The number of rotatable bonds is 7. The molecular formula is C30H43N7O3SSi. The van der Waals surface area contributed by atoms with Crippen LogP contribution in [-0.4, -0.2) is 69.2 Å². The van der Waals surface area contributed by atoms with Crippen LogP contribution in [0.4, 0.5) is 17.3 Å². The topological polar surface area (TPSA) is 126 Å². The van der Waals surface area contributed by atoms with Gasteiger partial charge in [-0.05, 0) is 35.8 Å². The van der Waals surface area contributed by atoms with E-state index in [1.165, 1.54) is 10.6 Å². The lowest BCUT2D eigenvalue weighted by Crippen LogP contribution is -2.45. The standard InChI is InChI=1S/C30H43N7O3SSi/c1-20(2)42(21(3)4,22(5)6)17-12-23-18-27(38)36(8)29-24(23)19-32-30(34-29)33-25-10-9-11-26(41(31,39)40)28(25)37-15-13-35(7)14-16-37/h9-11,18-22H,13-16H2,1-8H3,(H2,31,39,40)(H,32,33,34). The Morgan fingerprint density at radius 3 is 2.19 bits per heavy atom. The molecule has 12 heteroatoms. The molecule has 42 heavy (non-hydrogen) atoms. The molecule has 0 spiro atoms. The van der Waals surface area contributed by atoms with E-state index in [9.17, 15) is 13.2 Å². The van der Waals surface area contributed by atoms with Crippen LogP contribution >= 0.6 is 0 Å². The van der Waals surface area contributed by atoms with Gasteiger partial charge in [-0.3, -0.25) is 9.36 Å². The second-order valence-corrected chi connectivity index (χ2v) is 19.3. The monoisotopic (exact) mass is 609 g/mol. The van der Waals surface area contributed by atoms with Crippen molar-refractivity contribution in [1.82, 2.24) is 19.4 Å². The van der Waals surface area contributed by atoms with E-state index in [-0.39, 0.29) is 16.4 Å². The number of benzene rings is 1. The predicted molar refractivity (Wildman–Crippen MR) is 174 cm³/mol. The number of para-hydroxylation sites is 1. The summed E-state index contributed by atoms with van der Waals surface area (Å²) in [6.07, 6.45) is 1.68. The lowest BCUT2D eigenvalue weighted by molar-refractivity contribution is 0.312. The second kappa shape index (κ2) is 12.2. The minimum absolute atomic E-state index is 0.0379. The fraction of sp³-hybridized carbons (Fsp3) is 0.500. The van der Waals surface area contributed by atoms with Crippen molar-refractivity contribution < 1.29 is 8.42 Å². The van der Waals surface area contributed by atoms with Crippen molar-refractivity contribution in [3.8, 4) is 11.5 Å². The van der Waals surface area contributed by atoms with Crippen LogP contribution in [0.25, 0.3) is 11.0 Å². The number of aromatic nitrogens is 3. The Morgan fingerprint density at radius 2 is 1.62 bits per heavy atom. The summed E-state index contributed by atoms with van der Waals surface area (Å²) in [5.41, 5.74) is 6.93. The quantitative estimate of drug-likeness (QED) is 0.304. The summed E-state index contributed by atoms with van der Waals surface area (Å²) in [4.78, 5) is 26.5. The molecule has 4 rings (SSSR count). The maximum absolute atomic E-state index is 13.0. The molecule has 0 saturated carbocycles. The number of nitrogens with one attached hydrogen (secondary N) is 1. The van der Waals surface area contributed by atoms with Gasteiger partial charge in [-0.1, -0.05) is 53.5 Å². The summed E-state index contributed by atoms with van der Waals surface area (Å²) in [6, 6.07) is 6.50. The van der Waals surface area contributed by atoms with Gasteiger partial charge in [0, 0.05) is 51.1 Å². The molecule has 0 bridgehead atoms. The zero-order valence-corrected chi connectivity index (χ0v) is 27.7. The SMILES string of the molecule is CC(C)[Si](C#Cc1cc(=O)n(C)c2nc(Nc3cccc(S(N)(=O)=O)c3N3CCN(C)CC3)ncc12)(C(C)C)C(C)C. The van der Waals surface area contributed by atoms with Gasteiger partial charge in [-0.2, -0.15) is 4.98 Å². The average Bonchev–Trinajstić information content (AvgIpc) is 2.91. The normalized spacial score (nSPS) is 15.0. The summed E-state index contributed by atoms with van der Waals surface area (Å²) in [5, 5.41) is 9.52. The number of piperazine rings is 1. The molecule has 1 aliphatic heterocycles. The molecule has 1 fully saturated rings. The minimum atomic E-state index is -3.99. The van der Waals surface area contributed by atoms with Crippen molar-refractivity contribution in [2.75, 3.05) is 43.4 Å². The first-order valence-electron chi connectivity index (χ1n) is 14.4. The Bertz CT molecular complexity index is 1680. The fourth-order valence-corrected chi connectivity index (χ4v) is 12.3. The van der Waals surface area contributed by atoms with Crippen molar-refractivity contribution in [2.24, 2.45) is 12.2 Å². The van der Waals surface area contributed by atoms with Crippen LogP contribution in [0.2, 0.25) is 16.6 Å². The molecule has 0 radical (unpaired) electrons. The summed E-state index contributed by atoms with van der Waals surface area (Å²) < 4.78 is 26.6. The highest BCUT2D eigenvalue weighted by molar-refractivity contribution is 7.89. The molecule has 10 nitrogen and oxygen atoms in total. The molecule has 226 valence electrons. The van der Waals surface area contributed by atoms with E-state index in [2.05, 4.69) is 68.2 Å². The number of fused-ring (bicyclic) bond motifs is 1. The zero-order chi connectivity index (χ0) is 31.0. The van der Waals surface area contributed by atoms with Crippen molar-refractivity contribution in [2.45, 2.75) is 63.1 Å². The molecule has 1 aliphatic rings. The number of anilines is 3. The number of likely N-dealkylation sites (N-methyl/N-ethyl adjacent to an activating group) is 1. The van der Waals surface area contributed by atoms with E-state index < -0.39 is 18.1 Å². The molecule has 3 N–H and O–H groups in total. The highest BCUT2D eigenvalue weighted by Crippen LogP contribution is 2.41. The summed E-state index contributed by atoms with van der Waals surface area (Å²) in [7, 11) is -2.32. The number of pyridine rings is 1. The number of nitrogens with zero attached hydrogens (tertiary/aromatic N) is 5. The van der Waals surface area contributed by atoms with Crippen LogP contribution in [0.15, 0.2) is 40.2 Å². The molecule has 1 saturated heterocycles. The van der Waals surface area contributed by atoms with E-state index in [1.807, 2.05) is 11.9 Å². The van der Waals surface area contributed by atoms with E-state index in [0.29, 0.717) is 57.7 Å². The van der Waals surface area contributed by atoms with Crippen LogP contribution in [-0.2, 0) is 17.1 Å². The molecule has 1 aromatic carbocycles. The van der Waals surface area contributed by atoms with Crippen LogP contribution in [0.5, 0.6) is 0 Å². The second-order valence-electron chi connectivity index (χ2n) is 12.1. The number of aryl methyl sites for hydroxylation is 1. The van der Waals surface area contributed by atoms with Crippen LogP contribution in [0, 0.1) is 11.5 Å². The Labute approximate surface area is 250 Å². The van der Waals surface area contributed by atoms with E-state index >= 15 is 0 Å². The summed E-state index contributed by atoms with van der Waals surface area (Å²) >= 11 is 0. The van der Waals surface area contributed by atoms with Gasteiger partial charge in [-0.25, -0.2) is 18.5 Å². The molecule has 0 atom stereocenters. The third kappa shape index (κ3) is 6.10. The Kier molecular flexibility index (Phi) is 9.18. The average molecular weight is 610 g/mol. The van der Waals surface area contributed by atoms with Crippen LogP contribution in [0.3, 0.4) is 0 Å². The summed E-state index contributed by atoms with van der Waals surface area (Å²) in [6.45, 7) is 16.4. The van der Waals surface area contributed by atoms with Crippen molar-refractivity contribution in [3.05, 3.63) is 46.4 Å².